The fourth-order valence-electron chi connectivity index (χ4n) is 1.76. The van der Waals surface area contributed by atoms with Crippen LogP contribution in [-0.4, -0.2) is 10.2 Å². The van der Waals surface area contributed by atoms with Crippen LogP contribution in [0.3, 0.4) is 0 Å². The van der Waals surface area contributed by atoms with E-state index in [1.807, 2.05) is 23.6 Å². The summed E-state index contributed by atoms with van der Waals surface area (Å²) in [6, 6.07) is 10.6. The average Bonchev–Trinajstić information content (AvgIpc) is 2.84. The van der Waals surface area contributed by atoms with Gasteiger partial charge in [-0.25, -0.2) is 0 Å². The van der Waals surface area contributed by atoms with Gasteiger partial charge in [0.25, 0.3) is 0 Å². The molecular weight excluding hydrogens is 204 g/mol. The first-order valence-corrected chi connectivity index (χ1v) is 5.65. The average molecular weight is 214 g/mol. The van der Waals surface area contributed by atoms with E-state index in [1.165, 1.54) is 20.7 Å². The highest BCUT2D eigenvalue weighted by Crippen LogP contribution is 2.32. The molecule has 15 heavy (non-hydrogen) atoms. The van der Waals surface area contributed by atoms with Crippen LogP contribution in [0.2, 0.25) is 0 Å². The molecule has 0 saturated heterocycles. The maximum absolute atomic E-state index is 4.07. The van der Waals surface area contributed by atoms with E-state index in [4.69, 9.17) is 0 Å². The van der Waals surface area contributed by atoms with Crippen molar-refractivity contribution in [2.24, 2.45) is 0 Å². The zero-order valence-corrected chi connectivity index (χ0v) is 9.14. The molecule has 0 atom stereocenters. The number of hydrogen-bond donors (Lipinski definition) is 1. The first-order chi connectivity index (χ1) is 7.34. The minimum atomic E-state index is 1.10. The zero-order valence-electron chi connectivity index (χ0n) is 8.32. The first-order valence-electron chi connectivity index (χ1n) is 4.83. The van der Waals surface area contributed by atoms with Gasteiger partial charge in [0.1, 0.15) is 0 Å². The number of H-pyrrole nitrogens is 1. The molecule has 0 spiro atoms. The van der Waals surface area contributed by atoms with Crippen molar-refractivity contribution in [3.63, 3.8) is 0 Å². The fourth-order valence-corrected chi connectivity index (χ4v) is 2.67. The second-order valence-corrected chi connectivity index (χ2v) is 4.84. The van der Waals surface area contributed by atoms with Crippen LogP contribution in [0, 0.1) is 6.92 Å². The molecule has 0 unspecified atom stereocenters. The summed E-state index contributed by atoms with van der Waals surface area (Å²) in [6.07, 6.45) is 1.89. The van der Waals surface area contributed by atoms with Crippen molar-refractivity contribution in [2.45, 2.75) is 6.92 Å². The van der Waals surface area contributed by atoms with E-state index in [0.717, 1.165) is 5.52 Å². The number of aromatic nitrogens is 2. The number of rotatable bonds is 1. The fraction of sp³-hybridized carbons (Fsp3) is 0.0833. The minimum absolute atomic E-state index is 1.10. The summed E-state index contributed by atoms with van der Waals surface area (Å²) < 4.78 is 0. The van der Waals surface area contributed by atoms with E-state index < -0.39 is 0 Å². The Bertz CT molecular complexity index is 607. The molecule has 3 rings (SSSR count). The molecule has 0 bridgehead atoms. The maximum Gasteiger partial charge on any atom is 0.0656 e. The zero-order chi connectivity index (χ0) is 10.3. The second-order valence-electron chi connectivity index (χ2n) is 3.55. The van der Waals surface area contributed by atoms with Crippen molar-refractivity contribution in [1.29, 1.82) is 0 Å². The van der Waals surface area contributed by atoms with Crippen LogP contribution in [0.25, 0.3) is 21.3 Å². The van der Waals surface area contributed by atoms with Gasteiger partial charge in [0.05, 0.1) is 11.7 Å². The molecule has 3 heteroatoms. The molecule has 0 saturated carbocycles. The number of hydrogen-bond acceptors (Lipinski definition) is 2. The summed E-state index contributed by atoms with van der Waals surface area (Å²) in [5.41, 5.74) is 2.36. The summed E-state index contributed by atoms with van der Waals surface area (Å²) in [4.78, 5) is 2.64. The van der Waals surface area contributed by atoms with Gasteiger partial charge in [-0.1, -0.05) is 12.1 Å². The lowest BCUT2D eigenvalue weighted by molar-refractivity contribution is 1.12. The largest absolute Gasteiger partial charge is 0.278 e. The van der Waals surface area contributed by atoms with Gasteiger partial charge in [-0.05, 0) is 25.1 Å². The second kappa shape index (κ2) is 3.21. The van der Waals surface area contributed by atoms with Crippen LogP contribution in [0.1, 0.15) is 4.88 Å². The number of aromatic amines is 1. The SMILES string of the molecule is Cc1ccc(-c2cccc3[nH]ncc23)s1. The summed E-state index contributed by atoms with van der Waals surface area (Å²) >= 11 is 1.82. The van der Waals surface area contributed by atoms with Gasteiger partial charge < -0.3 is 0 Å². The Labute approximate surface area is 91.6 Å². The van der Waals surface area contributed by atoms with Gasteiger partial charge in [-0.2, -0.15) is 5.10 Å². The lowest BCUT2D eigenvalue weighted by atomic mass is 10.1. The van der Waals surface area contributed by atoms with Crippen LogP contribution in [-0.2, 0) is 0 Å². The monoisotopic (exact) mass is 214 g/mol. The van der Waals surface area contributed by atoms with Gasteiger partial charge in [0, 0.05) is 20.7 Å². The molecule has 1 aromatic carbocycles. The smallest absolute Gasteiger partial charge is 0.0656 e. The number of benzene rings is 1. The maximum atomic E-state index is 4.07. The highest BCUT2D eigenvalue weighted by atomic mass is 32.1. The van der Waals surface area contributed by atoms with Gasteiger partial charge in [-0.15, -0.1) is 11.3 Å². The van der Waals surface area contributed by atoms with E-state index in [0.29, 0.717) is 0 Å². The molecule has 2 nitrogen and oxygen atoms in total. The van der Waals surface area contributed by atoms with E-state index in [9.17, 15) is 0 Å². The molecule has 2 aromatic heterocycles. The van der Waals surface area contributed by atoms with Crippen molar-refractivity contribution in [2.75, 3.05) is 0 Å². The predicted molar refractivity (Wildman–Crippen MR) is 64.1 cm³/mol. The Morgan fingerprint density at radius 1 is 1.20 bits per heavy atom. The van der Waals surface area contributed by atoms with Gasteiger partial charge in [0.15, 0.2) is 0 Å². The quantitative estimate of drug-likeness (QED) is 0.658. The lowest BCUT2D eigenvalue weighted by Crippen LogP contribution is -1.73. The highest BCUT2D eigenvalue weighted by Gasteiger charge is 2.06. The van der Waals surface area contributed by atoms with Crippen LogP contribution < -0.4 is 0 Å². The molecule has 0 aliphatic carbocycles. The van der Waals surface area contributed by atoms with Crippen molar-refractivity contribution in [1.82, 2.24) is 10.2 Å². The van der Waals surface area contributed by atoms with Gasteiger partial charge in [-0.3, -0.25) is 5.10 Å². The normalized spacial score (nSPS) is 11.0. The summed E-state index contributed by atoms with van der Waals surface area (Å²) in [7, 11) is 0. The molecule has 0 fully saturated rings. The Hall–Kier alpha value is -1.61. The van der Waals surface area contributed by atoms with Crippen molar-refractivity contribution >= 4 is 22.2 Å². The molecule has 1 N–H and O–H groups in total. The molecule has 0 aliphatic heterocycles. The number of aryl methyl sites for hydroxylation is 1. The van der Waals surface area contributed by atoms with Gasteiger partial charge >= 0.3 is 0 Å². The van der Waals surface area contributed by atoms with Crippen LogP contribution >= 0.6 is 11.3 Å². The molecule has 3 aromatic rings. The van der Waals surface area contributed by atoms with Crippen LogP contribution in [0.15, 0.2) is 36.5 Å². The number of fused-ring (bicyclic) bond motifs is 1. The third kappa shape index (κ3) is 1.36. The van der Waals surface area contributed by atoms with Crippen molar-refractivity contribution in [3.05, 3.63) is 41.4 Å². The third-order valence-electron chi connectivity index (χ3n) is 2.49. The summed E-state index contributed by atoms with van der Waals surface area (Å²) in [5.74, 6) is 0. The van der Waals surface area contributed by atoms with Gasteiger partial charge in [0.2, 0.25) is 0 Å². The molecular formula is C12H10N2S. The van der Waals surface area contributed by atoms with Crippen molar-refractivity contribution < 1.29 is 0 Å². The molecule has 0 aliphatic rings. The Morgan fingerprint density at radius 3 is 2.93 bits per heavy atom. The number of nitrogens with zero attached hydrogens (tertiary/aromatic N) is 1. The summed E-state index contributed by atoms with van der Waals surface area (Å²) in [6.45, 7) is 2.13. The first kappa shape index (κ1) is 8.68. The minimum Gasteiger partial charge on any atom is -0.278 e. The molecule has 74 valence electrons. The Balaban J connectivity index is 2.30. The standard InChI is InChI=1S/C12H10N2S/c1-8-5-6-12(15-8)9-3-2-4-11-10(9)7-13-14-11/h2-7H,1H3,(H,13,14). The van der Waals surface area contributed by atoms with E-state index in [1.54, 1.807) is 0 Å². The molecule has 2 heterocycles. The van der Waals surface area contributed by atoms with E-state index in [-0.39, 0.29) is 0 Å². The topological polar surface area (TPSA) is 28.7 Å². The highest BCUT2D eigenvalue weighted by molar-refractivity contribution is 7.15. The van der Waals surface area contributed by atoms with Crippen molar-refractivity contribution in [3.8, 4) is 10.4 Å². The lowest BCUT2D eigenvalue weighted by Gasteiger charge is -1.98. The number of thiophene rings is 1. The predicted octanol–water partition coefficient (Wildman–Crippen LogP) is 3.60. The Kier molecular flexibility index (Phi) is 1.86. The molecule has 0 amide bonds. The van der Waals surface area contributed by atoms with Crippen LogP contribution in [0.4, 0.5) is 0 Å². The third-order valence-corrected chi connectivity index (χ3v) is 3.52. The molecule has 0 radical (unpaired) electrons. The van der Waals surface area contributed by atoms with E-state index >= 15 is 0 Å². The number of nitrogens with one attached hydrogen (secondary N) is 1. The van der Waals surface area contributed by atoms with Crippen LogP contribution in [0.5, 0.6) is 0 Å². The summed E-state index contributed by atoms with van der Waals surface area (Å²) in [5, 5.41) is 8.26. The Morgan fingerprint density at radius 2 is 2.13 bits per heavy atom. The van der Waals surface area contributed by atoms with E-state index in [2.05, 4.69) is 41.4 Å².